The number of benzene rings is 3. The van der Waals surface area contributed by atoms with Gasteiger partial charge >= 0.3 is 0 Å². The van der Waals surface area contributed by atoms with E-state index in [9.17, 15) is 18.8 Å². The topological polar surface area (TPSA) is 103 Å². The number of amides is 3. The Labute approximate surface area is 239 Å². The molecule has 3 amide bonds. The van der Waals surface area contributed by atoms with Crippen LogP contribution in [0, 0.1) is 5.82 Å². The number of rotatable bonds is 8. The number of hydrogen-bond donors (Lipinski definition) is 2. The molecule has 3 aromatic carbocycles. The minimum absolute atomic E-state index is 0.164. The molecule has 2 aliphatic rings. The van der Waals surface area contributed by atoms with Crippen LogP contribution in [0.5, 0.6) is 0 Å². The quantitative estimate of drug-likeness (QED) is 0.378. The average molecular weight is 578 g/mol. The molecule has 5 rings (SSSR count). The molecule has 2 N–H and O–H groups in total. The standard InChI is InChI=1S/C29H25ClFN5O3S/c1-2-24(28(39)33-20-13-9-18(30)10-14-20)40-29-34-22-6-4-3-5-21(22)26-35-27(38)23(36(26)29)15-25(37)32-16-17-7-11-19(31)12-8-17/h3-14,23-24H,2,15-16H2,1H3,(H,32,37)(H,33,39). The fourth-order valence-electron chi connectivity index (χ4n) is 4.34. The lowest BCUT2D eigenvalue weighted by Gasteiger charge is -2.32. The van der Waals surface area contributed by atoms with Crippen LogP contribution < -0.4 is 10.6 Å². The van der Waals surface area contributed by atoms with Crippen LogP contribution in [0.4, 0.5) is 15.8 Å². The molecule has 0 aromatic heterocycles. The van der Waals surface area contributed by atoms with E-state index in [2.05, 4.69) is 15.6 Å². The van der Waals surface area contributed by atoms with E-state index in [-0.39, 0.29) is 30.6 Å². The Kier molecular flexibility index (Phi) is 8.27. The summed E-state index contributed by atoms with van der Waals surface area (Å²) in [5, 5.41) is 6.13. The van der Waals surface area contributed by atoms with Gasteiger partial charge in [-0.1, -0.05) is 54.6 Å². The zero-order chi connectivity index (χ0) is 28.2. The maximum Gasteiger partial charge on any atom is 0.271 e. The molecule has 3 aromatic rings. The summed E-state index contributed by atoms with van der Waals surface area (Å²) in [6.45, 7) is 2.08. The molecule has 11 heteroatoms. The molecule has 8 nitrogen and oxygen atoms in total. The normalized spacial score (nSPS) is 16.4. The highest BCUT2D eigenvalue weighted by molar-refractivity contribution is 8.15. The Hall–Kier alpha value is -4.02. The Morgan fingerprint density at radius 2 is 1.77 bits per heavy atom. The minimum Gasteiger partial charge on any atom is -0.352 e. The van der Waals surface area contributed by atoms with Crippen LogP contribution >= 0.6 is 23.4 Å². The fourth-order valence-corrected chi connectivity index (χ4v) is 5.53. The summed E-state index contributed by atoms with van der Waals surface area (Å²) < 4.78 is 13.2. The van der Waals surface area contributed by atoms with Crippen molar-refractivity contribution in [2.75, 3.05) is 5.32 Å². The first-order valence-corrected chi connectivity index (χ1v) is 13.9. The molecule has 0 fully saturated rings. The van der Waals surface area contributed by atoms with Gasteiger partial charge < -0.3 is 10.6 Å². The highest BCUT2D eigenvalue weighted by atomic mass is 35.5. The van der Waals surface area contributed by atoms with Crippen molar-refractivity contribution in [1.29, 1.82) is 0 Å². The molecule has 0 spiro atoms. The van der Waals surface area contributed by atoms with E-state index in [0.717, 1.165) is 5.56 Å². The van der Waals surface area contributed by atoms with Crippen LogP contribution in [0.25, 0.3) is 0 Å². The lowest BCUT2D eigenvalue weighted by molar-refractivity contribution is -0.126. The van der Waals surface area contributed by atoms with E-state index < -0.39 is 17.2 Å². The summed E-state index contributed by atoms with van der Waals surface area (Å²) in [6.07, 6.45) is 0.324. The third-order valence-electron chi connectivity index (χ3n) is 6.41. The van der Waals surface area contributed by atoms with Crippen molar-refractivity contribution in [2.24, 2.45) is 9.98 Å². The summed E-state index contributed by atoms with van der Waals surface area (Å²) in [5.41, 5.74) is 2.64. The van der Waals surface area contributed by atoms with Gasteiger partial charge in [0.1, 0.15) is 17.7 Å². The molecule has 204 valence electrons. The second-order valence-electron chi connectivity index (χ2n) is 9.19. The molecule has 2 heterocycles. The van der Waals surface area contributed by atoms with E-state index >= 15 is 0 Å². The van der Waals surface area contributed by atoms with Gasteiger partial charge in [0, 0.05) is 22.8 Å². The number of aliphatic imine (C=N–C) groups is 2. The van der Waals surface area contributed by atoms with Crippen molar-refractivity contribution < 1.29 is 18.8 Å². The van der Waals surface area contributed by atoms with Gasteiger partial charge in [-0.05, 0) is 60.5 Å². The zero-order valence-corrected chi connectivity index (χ0v) is 23.0. The number of thioether (sulfide) groups is 1. The predicted octanol–water partition coefficient (Wildman–Crippen LogP) is 5.29. The third kappa shape index (κ3) is 6.08. The number of carbonyl (C=O) groups excluding carboxylic acids is 3. The number of para-hydroxylation sites is 1. The van der Waals surface area contributed by atoms with Crippen LogP contribution in [-0.4, -0.2) is 44.9 Å². The number of anilines is 1. The molecule has 0 saturated heterocycles. The molecule has 2 atom stereocenters. The summed E-state index contributed by atoms with van der Waals surface area (Å²) in [5.74, 6) is -1.01. The first-order valence-electron chi connectivity index (χ1n) is 12.7. The Bertz CT molecular complexity index is 1510. The summed E-state index contributed by atoms with van der Waals surface area (Å²) >= 11 is 7.18. The number of nitrogens with one attached hydrogen (secondary N) is 2. The van der Waals surface area contributed by atoms with Gasteiger partial charge in [0.05, 0.1) is 17.4 Å². The molecule has 2 unspecified atom stereocenters. The fraction of sp³-hybridized carbons (Fsp3) is 0.207. The van der Waals surface area contributed by atoms with Crippen molar-refractivity contribution in [2.45, 2.75) is 37.6 Å². The lowest BCUT2D eigenvalue weighted by Crippen LogP contribution is -2.46. The number of nitrogens with zero attached hydrogens (tertiary/aromatic N) is 3. The van der Waals surface area contributed by atoms with E-state index in [1.807, 2.05) is 31.2 Å². The highest BCUT2D eigenvalue weighted by Gasteiger charge is 2.43. The van der Waals surface area contributed by atoms with Crippen molar-refractivity contribution >= 4 is 63.5 Å². The minimum atomic E-state index is -0.917. The monoisotopic (exact) mass is 577 g/mol. The summed E-state index contributed by atoms with van der Waals surface area (Å²) in [6, 6.07) is 19.0. The molecule has 0 bridgehead atoms. The van der Waals surface area contributed by atoms with Crippen molar-refractivity contribution in [3.63, 3.8) is 0 Å². The van der Waals surface area contributed by atoms with Gasteiger partial charge in [0.25, 0.3) is 5.91 Å². The maximum atomic E-state index is 13.2. The van der Waals surface area contributed by atoms with Crippen LogP contribution in [0.2, 0.25) is 5.02 Å². The van der Waals surface area contributed by atoms with Gasteiger partial charge in [0.15, 0.2) is 5.17 Å². The van der Waals surface area contributed by atoms with Crippen molar-refractivity contribution in [3.05, 3.63) is 94.8 Å². The largest absolute Gasteiger partial charge is 0.352 e. The number of halogens is 2. The lowest BCUT2D eigenvalue weighted by atomic mass is 10.1. The summed E-state index contributed by atoms with van der Waals surface area (Å²) in [7, 11) is 0. The number of amidine groups is 2. The second-order valence-corrected chi connectivity index (χ2v) is 10.8. The van der Waals surface area contributed by atoms with Gasteiger partial charge in [-0.15, -0.1) is 0 Å². The van der Waals surface area contributed by atoms with Crippen molar-refractivity contribution in [3.8, 4) is 0 Å². The van der Waals surface area contributed by atoms with Crippen LogP contribution in [0.15, 0.2) is 82.8 Å². The Morgan fingerprint density at radius 1 is 1.05 bits per heavy atom. The molecular formula is C29H25ClFN5O3S. The molecule has 40 heavy (non-hydrogen) atoms. The first-order chi connectivity index (χ1) is 19.3. The average Bonchev–Trinajstić information content (AvgIpc) is 3.28. The third-order valence-corrected chi connectivity index (χ3v) is 8.00. The zero-order valence-electron chi connectivity index (χ0n) is 21.4. The van der Waals surface area contributed by atoms with Crippen LogP contribution in [0.3, 0.4) is 0 Å². The van der Waals surface area contributed by atoms with E-state index in [1.54, 1.807) is 41.3 Å². The smallest absolute Gasteiger partial charge is 0.271 e. The highest BCUT2D eigenvalue weighted by Crippen LogP contribution is 2.36. The van der Waals surface area contributed by atoms with Gasteiger partial charge in [-0.25, -0.2) is 9.38 Å². The predicted molar refractivity (Wildman–Crippen MR) is 155 cm³/mol. The number of fused-ring (bicyclic) bond motifs is 3. The van der Waals surface area contributed by atoms with E-state index in [0.29, 0.717) is 39.4 Å². The Morgan fingerprint density at radius 3 is 2.50 bits per heavy atom. The van der Waals surface area contributed by atoms with E-state index in [1.165, 1.54) is 23.9 Å². The first kappa shape index (κ1) is 27.5. The van der Waals surface area contributed by atoms with E-state index in [4.69, 9.17) is 16.6 Å². The number of carbonyl (C=O) groups is 3. The number of hydrogen-bond acceptors (Lipinski definition) is 6. The maximum absolute atomic E-state index is 13.2. The molecular weight excluding hydrogens is 553 g/mol. The molecule has 0 radical (unpaired) electrons. The van der Waals surface area contributed by atoms with Crippen LogP contribution in [-0.2, 0) is 20.9 Å². The summed E-state index contributed by atoms with van der Waals surface area (Å²) in [4.78, 5) is 49.9. The van der Waals surface area contributed by atoms with Gasteiger partial charge in [-0.2, -0.15) is 4.99 Å². The van der Waals surface area contributed by atoms with Crippen LogP contribution in [0.1, 0.15) is 30.9 Å². The SMILES string of the molecule is CCC(SC1=Nc2ccccc2C2=NC(=O)C(CC(=O)NCc3ccc(F)cc3)N12)C(=O)Nc1ccc(Cl)cc1. The molecule has 0 aliphatic carbocycles. The van der Waals surface area contributed by atoms with Crippen molar-refractivity contribution in [1.82, 2.24) is 10.2 Å². The molecule has 2 aliphatic heterocycles. The second kappa shape index (κ2) is 12.0. The molecule has 0 saturated carbocycles. The van der Waals surface area contributed by atoms with Gasteiger partial charge in [0.2, 0.25) is 11.8 Å². The van der Waals surface area contributed by atoms with Gasteiger partial charge in [-0.3, -0.25) is 19.3 Å². The Balaban J connectivity index is 1.35.